The average Bonchev–Trinajstić information content (AvgIpc) is 3.04. The molecule has 1 saturated carbocycles. The van der Waals surface area contributed by atoms with E-state index in [1.807, 2.05) is 31.2 Å². The van der Waals surface area contributed by atoms with Crippen molar-refractivity contribution < 1.29 is 4.79 Å². The number of hydrogen-bond donors (Lipinski definition) is 1. The number of thioether (sulfide) groups is 1. The van der Waals surface area contributed by atoms with Crippen LogP contribution in [-0.4, -0.2) is 37.9 Å². The van der Waals surface area contributed by atoms with Gasteiger partial charge in [0, 0.05) is 6.04 Å². The summed E-state index contributed by atoms with van der Waals surface area (Å²) in [6.07, 6.45) is 4.75. The van der Waals surface area contributed by atoms with Gasteiger partial charge >= 0.3 is 0 Å². The molecule has 1 N–H and O–H groups in total. The summed E-state index contributed by atoms with van der Waals surface area (Å²) in [5.74, 6) is 0.943. The lowest BCUT2D eigenvalue weighted by Gasteiger charge is -2.29. The van der Waals surface area contributed by atoms with Crippen LogP contribution in [0.25, 0.3) is 5.69 Å². The van der Waals surface area contributed by atoms with E-state index >= 15 is 0 Å². The topological polar surface area (TPSA) is 72.7 Å². The number of nitrogens with zero attached hydrogens (tertiary/aromatic N) is 4. The number of rotatable bonds is 5. The smallest absolute Gasteiger partial charge is 0.230 e. The van der Waals surface area contributed by atoms with E-state index in [1.54, 1.807) is 4.68 Å². The zero-order chi connectivity index (χ0) is 16.9. The second kappa shape index (κ2) is 7.79. The Labute approximate surface area is 146 Å². The van der Waals surface area contributed by atoms with Gasteiger partial charge in [0.25, 0.3) is 0 Å². The zero-order valence-corrected chi connectivity index (χ0v) is 14.9. The molecule has 1 amide bonds. The minimum atomic E-state index is 0.0533. The lowest BCUT2D eigenvalue weighted by molar-refractivity contribution is -0.119. The average molecular weight is 345 g/mol. The van der Waals surface area contributed by atoms with E-state index in [2.05, 4.69) is 27.8 Å². The van der Waals surface area contributed by atoms with E-state index in [1.165, 1.54) is 31.0 Å². The highest BCUT2D eigenvalue weighted by Gasteiger charge is 2.23. The Hall–Kier alpha value is -1.89. The Kier molecular flexibility index (Phi) is 5.50. The maximum atomic E-state index is 12.2. The zero-order valence-electron chi connectivity index (χ0n) is 14.1. The molecule has 0 unspecified atom stereocenters. The maximum Gasteiger partial charge on any atom is 0.230 e. The van der Waals surface area contributed by atoms with Gasteiger partial charge in [0.2, 0.25) is 11.1 Å². The molecule has 1 aliphatic carbocycles. The van der Waals surface area contributed by atoms with Crippen LogP contribution in [0, 0.1) is 12.8 Å². The minimum Gasteiger partial charge on any atom is -0.352 e. The minimum absolute atomic E-state index is 0.0533. The summed E-state index contributed by atoms with van der Waals surface area (Å²) >= 11 is 1.37. The number of aryl methyl sites for hydroxylation is 1. The normalized spacial score (nSPS) is 20.8. The van der Waals surface area contributed by atoms with Gasteiger partial charge in [0.1, 0.15) is 0 Å². The van der Waals surface area contributed by atoms with Gasteiger partial charge in [-0.05, 0) is 53.8 Å². The number of hydrogen-bond acceptors (Lipinski definition) is 5. The van der Waals surface area contributed by atoms with Crippen molar-refractivity contribution in [2.75, 3.05) is 5.75 Å². The van der Waals surface area contributed by atoms with E-state index in [9.17, 15) is 4.79 Å². The van der Waals surface area contributed by atoms with Crippen molar-refractivity contribution in [3.05, 3.63) is 29.8 Å². The first-order valence-corrected chi connectivity index (χ1v) is 9.39. The summed E-state index contributed by atoms with van der Waals surface area (Å²) in [6.45, 7) is 4.25. The molecule has 0 spiro atoms. The molecule has 24 heavy (non-hydrogen) atoms. The van der Waals surface area contributed by atoms with Crippen molar-refractivity contribution in [1.82, 2.24) is 25.5 Å². The Balaban J connectivity index is 1.59. The molecule has 128 valence electrons. The molecule has 0 radical (unpaired) electrons. The molecule has 3 rings (SSSR count). The molecule has 2 aromatic rings. The number of benzene rings is 1. The molecule has 0 bridgehead atoms. The summed E-state index contributed by atoms with van der Waals surface area (Å²) in [4.78, 5) is 12.2. The van der Waals surface area contributed by atoms with Crippen LogP contribution in [0.4, 0.5) is 0 Å². The third-order valence-corrected chi connectivity index (χ3v) is 5.40. The lowest BCUT2D eigenvalue weighted by Crippen LogP contribution is -2.41. The van der Waals surface area contributed by atoms with E-state index < -0.39 is 0 Å². The van der Waals surface area contributed by atoms with Crippen LogP contribution in [0.15, 0.2) is 29.4 Å². The molecule has 1 fully saturated rings. The molecule has 7 heteroatoms. The fraction of sp³-hybridized carbons (Fsp3) is 0.529. The predicted octanol–water partition coefficient (Wildman–Crippen LogP) is 2.76. The largest absolute Gasteiger partial charge is 0.352 e. The van der Waals surface area contributed by atoms with Gasteiger partial charge in [-0.3, -0.25) is 4.79 Å². The monoisotopic (exact) mass is 345 g/mol. The maximum absolute atomic E-state index is 12.2. The molecular formula is C17H23N5OS. The van der Waals surface area contributed by atoms with E-state index in [0.29, 0.717) is 22.9 Å². The first-order valence-electron chi connectivity index (χ1n) is 8.41. The standard InChI is InChI=1S/C17H23N5OS/c1-12-6-5-8-14(10-12)22-17(19-20-21-22)24-11-16(23)18-15-9-4-3-7-13(15)2/h5-6,8,10,13,15H,3-4,7,9,11H2,1-2H3,(H,18,23)/t13-,15+/m0/s1. The summed E-state index contributed by atoms with van der Waals surface area (Å²) in [7, 11) is 0. The fourth-order valence-electron chi connectivity index (χ4n) is 3.10. The molecular weight excluding hydrogens is 322 g/mol. The second-order valence-electron chi connectivity index (χ2n) is 6.44. The molecule has 0 saturated heterocycles. The molecule has 2 atom stereocenters. The van der Waals surface area contributed by atoms with Crippen molar-refractivity contribution >= 4 is 17.7 Å². The molecule has 1 aliphatic rings. The second-order valence-corrected chi connectivity index (χ2v) is 7.38. The highest BCUT2D eigenvalue weighted by molar-refractivity contribution is 7.99. The quantitative estimate of drug-likeness (QED) is 0.844. The Morgan fingerprint density at radius 2 is 2.21 bits per heavy atom. The number of carbonyl (C=O) groups excluding carboxylic acids is 1. The number of carbonyl (C=O) groups is 1. The van der Waals surface area contributed by atoms with Crippen LogP contribution in [0.3, 0.4) is 0 Å². The molecule has 1 aromatic carbocycles. The third kappa shape index (κ3) is 4.14. The molecule has 6 nitrogen and oxygen atoms in total. The van der Waals surface area contributed by atoms with Crippen molar-refractivity contribution in [2.24, 2.45) is 5.92 Å². The number of amides is 1. The van der Waals surface area contributed by atoms with E-state index in [0.717, 1.165) is 17.7 Å². The van der Waals surface area contributed by atoms with Gasteiger partial charge in [0.15, 0.2) is 0 Å². The highest BCUT2D eigenvalue weighted by atomic mass is 32.2. The Bertz CT molecular complexity index is 702. The van der Waals surface area contributed by atoms with Gasteiger partial charge in [-0.1, -0.05) is 43.7 Å². The lowest BCUT2D eigenvalue weighted by atomic mass is 9.86. The van der Waals surface area contributed by atoms with Gasteiger partial charge in [-0.15, -0.1) is 5.10 Å². The summed E-state index contributed by atoms with van der Waals surface area (Å²) < 4.78 is 1.67. The number of aromatic nitrogens is 4. The highest BCUT2D eigenvalue weighted by Crippen LogP contribution is 2.24. The van der Waals surface area contributed by atoms with Gasteiger partial charge in [-0.2, -0.15) is 4.68 Å². The van der Waals surface area contributed by atoms with Crippen molar-refractivity contribution in [3.8, 4) is 5.69 Å². The Morgan fingerprint density at radius 3 is 3.00 bits per heavy atom. The van der Waals surface area contributed by atoms with Crippen LogP contribution < -0.4 is 5.32 Å². The first kappa shape index (κ1) is 17.0. The summed E-state index contributed by atoms with van der Waals surface area (Å²) in [5.41, 5.74) is 2.05. The molecule has 1 heterocycles. The van der Waals surface area contributed by atoms with Crippen molar-refractivity contribution in [2.45, 2.75) is 50.7 Å². The van der Waals surface area contributed by atoms with Gasteiger partial charge < -0.3 is 5.32 Å². The molecule has 0 aliphatic heterocycles. The van der Waals surface area contributed by atoms with Crippen LogP contribution in [0.1, 0.15) is 38.2 Å². The van der Waals surface area contributed by atoms with Crippen molar-refractivity contribution in [3.63, 3.8) is 0 Å². The van der Waals surface area contributed by atoms with E-state index in [-0.39, 0.29) is 5.91 Å². The molecule has 1 aromatic heterocycles. The number of nitrogens with one attached hydrogen (secondary N) is 1. The van der Waals surface area contributed by atoms with E-state index in [4.69, 9.17) is 0 Å². The first-order chi connectivity index (χ1) is 11.6. The van der Waals surface area contributed by atoms with Crippen LogP contribution in [0.2, 0.25) is 0 Å². The summed E-state index contributed by atoms with van der Waals surface area (Å²) in [6, 6.07) is 8.28. The van der Waals surface area contributed by atoms with Crippen LogP contribution in [0.5, 0.6) is 0 Å². The summed E-state index contributed by atoms with van der Waals surface area (Å²) in [5, 5.41) is 15.6. The fourth-order valence-corrected chi connectivity index (χ4v) is 3.80. The number of tetrazole rings is 1. The SMILES string of the molecule is Cc1cccc(-n2nnnc2SCC(=O)N[C@@H]2CCCC[C@@H]2C)c1. The van der Waals surface area contributed by atoms with Gasteiger partial charge in [0.05, 0.1) is 11.4 Å². The Morgan fingerprint density at radius 1 is 1.38 bits per heavy atom. The predicted molar refractivity (Wildman–Crippen MR) is 94.2 cm³/mol. The van der Waals surface area contributed by atoms with Crippen LogP contribution >= 0.6 is 11.8 Å². The van der Waals surface area contributed by atoms with Gasteiger partial charge in [-0.25, -0.2) is 0 Å². The third-order valence-electron chi connectivity index (χ3n) is 4.48. The van der Waals surface area contributed by atoms with Crippen molar-refractivity contribution in [1.29, 1.82) is 0 Å². The van der Waals surface area contributed by atoms with Crippen LogP contribution in [-0.2, 0) is 4.79 Å².